The van der Waals surface area contributed by atoms with Gasteiger partial charge in [-0.05, 0) is 64.2 Å². The van der Waals surface area contributed by atoms with E-state index in [1.165, 1.54) is 83.5 Å². The lowest BCUT2D eigenvalue weighted by Crippen LogP contribution is -2.29. The lowest BCUT2D eigenvalue weighted by Gasteiger charge is -2.18. The molecule has 0 unspecified atom stereocenters. The quantitative estimate of drug-likeness (QED) is 0.0290. The molecule has 0 rings (SSSR count). The third kappa shape index (κ3) is 37.1. The van der Waals surface area contributed by atoms with Gasteiger partial charge in [0.05, 0.1) is 6.61 Å². The molecule has 0 spiro atoms. The van der Waals surface area contributed by atoms with Crippen LogP contribution in [-0.2, 0) is 28.2 Å². The minimum Gasteiger partial charge on any atom is -0.462 e. The van der Waals surface area contributed by atoms with Crippen molar-refractivity contribution in [1.29, 1.82) is 0 Å². The first-order valence-corrected chi connectivity index (χ1v) is 20.8. The number of rotatable bonds is 35. The molecule has 0 aliphatic heterocycles. The van der Waals surface area contributed by atoms with Crippen LogP contribution in [0.3, 0.4) is 0 Å². The van der Waals surface area contributed by atoms with Crippen LogP contribution in [0.5, 0.6) is 0 Å². The first-order valence-electron chi connectivity index (χ1n) is 19.3. The summed E-state index contributed by atoms with van der Waals surface area (Å²) in [5.41, 5.74) is 0. The third-order valence-corrected chi connectivity index (χ3v) is 8.62. The van der Waals surface area contributed by atoms with Gasteiger partial charge in [0.15, 0.2) is 6.10 Å². The van der Waals surface area contributed by atoms with Gasteiger partial charge in [-0.2, -0.15) is 0 Å². The molecule has 0 aromatic heterocycles. The molecule has 0 saturated carbocycles. The number of unbranched alkanes of at least 4 members (excludes halogenated alkanes) is 19. The highest BCUT2D eigenvalue weighted by molar-refractivity contribution is 7.46. The van der Waals surface area contributed by atoms with Crippen LogP contribution in [0, 0.1) is 0 Å². The molecule has 0 aliphatic rings. The van der Waals surface area contributed by atoms with E-state index in [1.807, 2.05) is 0 Å². The van der Waals surface area contributed by atoms with Gasteiger partial charge in [0.2, 0.25) is 0 Å². The predicted octanol–water partition coefficient (Wildman–Crippen LogP) is 11.4. The zero-order chi connectivity index (χ0) is 35.4. The van der Waals surface area contributed by atoms with E-state index in [0.717, 1.165) is 57.8 Å². The average Bonchev–Trinajstić information content (AvgIpc) is 3.05. The second-order valence-corrected chi connectivity index (χ2v) is 14.1. The van der Waals surface area contributed by atoms with E-state index in [2.05, 4.69) is 54.8 Å². The van der Waals surface area contributed by atoms with Crippen LogP contribution in [0.25, 0.3) is 0 Å². The van der Waals surface area contributed by atoms with E-state index in [1.54, 1.807) is 0 Å². The highest BCUT2D eigenvalue weighted by Crippen LogP contribution is 2.36. The fourth-order valence-corrected chi connectivity index (χ4v) is 5.57. The molecule has 2 N–H and O–H groups in total. The zero-order valence-electron chi connectivity index (χ0n) is 30.6. The molecule has 280 valence electrons. The monoisotopic (exact) mass is 698 g/mol. The molecule has 0 aromatic rings. The predicted molar refractivity (Wildman–Crippen MR) is 198 cm³/mol. The molecule has 0 amide bonds. The van der Waals surface area contributed by atoms with E-state index in [9.17, 15) is 14.2 Å². The topological polar surface area (TPSA) is 119 Å². The summed E-state index contributed by atoms with van der Waals surface area (Å²) in [7, 11) is -4.75. The summed E-state index contributed by atoms with van der Waals surface area (Å²) in [4.78, 5) is 42.7. The van der Waals surface area contributed by atoms with E-state index >= 15 is 0 Å². The Balaban J connectivity index is 3.98. The van der Waals surface area contributed by atoms with Crippen LogP contribution < -0.4 is 0 Å². The Morgan fingerprint density at radius 2 is 0.958 bits per heavy atom. The molecule has 0 saturated heterocycles. The second-order valence-electron chi connectivity index (χ2n) is 12.9. The Morgan fingerprint density at radius 3 is 1.46 bits per heavy atom. The Labute approximate surface area is 293 Å². The first-order chi connectivity index (χ1) is 23.3. The van der Waals surface area contributed by atoms with Gasteiger partial charge in [0, 0.05) is 12.8 Å². The molecule has 0 aromatic carbocycles. The van der Waals surface area contributed by atoms with Crippen LogP contribution in [0.1, 0.15) is 181 Å². The normalized spacial score (nSPS) is 12.8. The van der Waals surface area contributed by atoms with Crippen molar-refractivity contribution in [3.63, 3.8) is 0 Å². The fraction of sp³-hybridized carbons (Fsp3) is 0.795. The van der Waals surface area contributed by atoms with Crippen molar-refractivity contribution in [1.82, 2.24) is 0 Å². The van der Waals surface area contributed by atoms with Crippen molar-refractivity contribution in [2.24, 2.45) is 0 Å². The maximum absolute atomic E-state index is 12.4. The molecule has 0 aliphatic carbocycles. The molecule has 0 radical (unpaired) electrons. The second kappa shape index (κ2) is 35.1. The lowest BCUT2D eigenvalue weighted by molar-refractivity contribution is -0.161. The summed E-state index contributed by atoms with van der Waals surface area (Å²) < 4.78 is 26.3. The van der Waals surface area contributed by atoms with E-state index < -0.39 is 32.5 Å². The van der Waals surface area contributed by atoms with Crippen LogP contribution >= 0.6 is 7.82 Å². The maximum atomic E-state index is 12.4. The first kappa shape index (κ1) is 46.3. The zero-order valence-corrected chi connectivity index (χ0v) is 31.5. The largest absolute Gasteiger partial charge is 0.469 e. The van der Waals surface area contributed by atoms with Gasteiger partial charge in [-0.1, -0.05) is 140 Å². The number of hydrogen-bond acceptors (Lipinski definition) is 6. The fourth-order valence-electron chi connectivity index (χ4n) is 5.21. The number of esters is 2. The Bertz CT molecular complexity index is 879. The standard InChI is InChI=1S/C39H71O8P/c1-3-5-7-9-11-13-15-17-19-21-23-25-27-29-31-33-38(40)45-35-37(36-46-48(42,43)44)47-39(41)34-32-30-28-26-24-22-20-18-16-14-12-10-8-6-4-2/h10-13,17,19,37H,3-9,14-16,18,20-36H2,1-2H3,(H2,42,43,44)/b12-10+,13-11+,19-17+/t37-/m1/s1. The number of carbonyl (C=O) groups excluding carboxylic acids is 2. The average molecular weight is 699 g/mol. The summed E-state index contributed by atoms with van der Waals surface area (Å²) in [5, 5.41) is 0. The third-order valence-electron chi connectivity index (χ3n) is 8.13. The number of hydrogen-bond donors (Lipinski definition) is 2. The van der Waals surface area contributed by atoms with E-state index in [0.29, 0.717) is 12.8 Å². The van der Waals surface area contributed by atoms with Crippen LogP contribution in [0.2, 0.25) is 0 Å². The molecule has 0 heterocycles. The molecular weight excluding hydrogens is 627 g/mol. The smallest absolute Gasteiger partial charge is 0.462 e. The summed E-state index contributed by atoms with van der Waals surface area (Å²) in [5.74, 6) is -0.903. The molecule has 9 heteroatoms. The lowest BCUT2D eigenvalue weighted by atomic mass is 10.1. The molecule has 0 bridgehead atoms. The number of allylic oxidation sites excluding steroid dienone is 6. The van der Waals surface area contributed by atoms with Crippen molar-refractivity contribution in [3.05, 3.63) is 36.5 Å². The maximum Gasteiger partial charge on any atom is 0.469 e. The SMILES string of the molecule is CCCC/C=C/CCCCCCCCCCCC(=O)O[C@H](COC(=O)CCCCCCC/C=C/C/C=C/CCCCC)COP(=O)(O)O. The minimum atomic E-state index is -4.75. The highest BCUT2D eigenvalue weighted by atomic mass is 31.2. The molecule has 0 fully saturated rings. The van der Waals surface area contributed by atoms with Crippen LogP contribution in [-0.4, -0.2) is 41.0 Å². The summed E-state index contributed by atoms with van der Waals surface area (Å²) in [6.07, 6.45) is 40.0. The van der Waals surface area contributed by atoms with Gasteiger partial charge in [-0.25, -0.2) is 4.57 Å². The minimum absolute atomic E-state index is 0.206. The van der Waals surface area contributed by atoms with Crippen molar-refractivity contribution in [2.45, 2.75) is 187 Å². The van der Waals surface area contributed by atoms with Crippen molar-refractivity contribution >= 4 is 19.8 Å². The van der Waals surface area contributed by atoms with Gasteiger partial charge in [-0.15, -0.1) is 0 Å². The molecule has 1 atom stereocenters. The number of phosphoric acid groups is 1. The van der Waals surface area contributed by atoms with Crippen LogP contribution in [0.4, 0.5) is 0 Å². The van der Waals surface area contributed by atoms with Gasteiger partial charge in [0.25, 0.3) is 0 Å². The van der Waals surface area contributed by atoms with Crippen molar-refractivity contribution in [3.8, 4) is 0 Å². The van der Waals surface area contributed by atoms with Gasteiger partial charge in [0.1, 0.15) is 6.61 Å². The molecule has 8 nitrogen and oxygen atoms in total. The van der Waals surface area contributed by atoms with Gasteiger partial charge in [-0.3, -0.25) is 14.1 Å². The van der Waals surface area contributed by atoms with Crippen molar-refractivity contribution < 1.29 is 37.9 Å². The number of carbonyl (C=O) groups is 2. The Morgan fingerprint density at radius 1 is 0.542 bits per heavy atom. The number of ether oxygens (including phenoxy) is 2. The van der Waals surface area contributed by atoms with Crippen LogP contribution in [0.15, 0.2) is 36.5 Å². The molecule has 48 heavy (non-hydrogen) atoms. The summed E-state index contributed by atoms with van der Waals surface area (Å²) >= 11 is 0. The molecular formula is C39H71O8P. The van der Waals surface area contributed by atoms with Gasteiger partial charge >= 0.3 is 19.8 Å². The summed E-state index contributed by atoms with van der Waals surface area (Å²) in [6, 6.07) is 0. The number of phosphoric ester groups is 1. The van der Waals surface area contributed by atoms with E-state index in [4.69, 9.17) is 19.3 Å². The highest BCUT2D eigenvalue weighted by Gasteiger charge is 2.22. The van der Waals surface area contributed by atoms with E-state index in [-0.39, 0.29) is 19.4 Å². The Hall–Kier alpha value is -1.73. The van der Waals surface area contributed by atoms with Crippen molar-refractivity contribution in [2.75, 3.05) is 13.2 Å². The van der Waals surface area contributed by atoms with Gasteiger partial charge < -0.3 is 19.3 Å². The Kier molecular flexibility index (Phi) is 33.8. The summed E-state index contributed by atoms with van der Waals surface area (Å²) in [6.45, 7) is 3.61.